The topological polar surface area (TPSA) is 68.0 Å². The Morgan fingerprint density at radius 3 is 3.00 bits per heavy atom. The van der Waals surface area contributed by atoms with Crippen LogP contribution in [-0.2, 0) is 0 Å². The minimum Gasteiger partial charge on any atom is -0.487 e. The van der Waals surface area contributed by atoms with Gasteiger partial charge >= 0.3 is 5.69 Å². The van der Waals surface area contributed by atoms with E-state index in [0.29, 0.717) is 12.4 Å². The Morgan fingerprint density at radius 1 is 1.42 bits per heavy atom. The minimum atomic E-state index is -0.375. The summed E-state index contributed by atoms with van der Waals surface area (Å²) >= 11 is 1.57. The van der Waals surface area contributed by atoms with Crippen molar-refractivity contribution in [2.45, 2.75) is 26.2 Å². The van der Waals surface area contributed by atoms with Crippen molar-refractivity contribution in [1.82, 2.24) is 4.90 Å². The molecule has 0 N–H and O–H groups in total. The molecule has 6 nitrogen and oxygen atoms in total. The normalized spacial score (nSPS) is 15.5. The van der Waals surface area contributed by atoms with Gasteiger partial charge in [-0.3, -0.25) is 15.1 Å². The SMILES string of the molecule is CCCCCOc1ccc(C2=CSC3=NCCN23)cc1[N+](=O)[O-].Cl. The van der Waals surface area contributed by atoms with E-state index in [1.807, 2.05) is 11.5 Å². The van der Waals surface area contributed by atoms with E-state index < -0.39 is 0 Å². The number of hydrogen-bond acceptors (Lipinski definition) is 6. The van der Waals surface area contributed by atoms with E-state index in [-0.39, 0.29) is 23.0 Å². The molecule has 2 heterocycles. The van der Waals surface area contributed by atoms with E-state index in [4.69, 9.17) is 4.74 Å². The zero-order chi connectivity index (χ0) is 16.2. The van der Waals surface area contributed by atoms with Crippen LogP contribution >= 0.6 is 24.2 Å². The average molecular weight is 370 g/mol. The number of unbranched alkanes of at least 4 members (excludes halogenated alkanes) is 2. The first-order valence-electron chi connectivity index (χ1n) is 7.81. The summed E-state index contributed by atoms with van der Waals surface area (Å²) in [5.74, 6) is 0.344. The second-order valence-corrected chi connectivity index (χ2v) is 6.27. The number of nitro groups is 1. The summed E-state index contributed by atoms with van der Waals surface area (Å²) in [6.45, 7) is 4.23. The zero-order valence-electron chi connectivity index (χ0n) is 13.4. The number of aliphatic imine (C=N–C) groups is 1. The fraction of sp³-hybridized carbons (Fsp3) is 0.438. The molecule has 0 atom stereocenters. The highest BCUT2D eigenvalue weighted by Gasteiger charge is 2.28. The molecule has 1 aromatic carbocycles. The lowest BCUT2D eigenvalue weighted by molar-refractivity contribution is -0.385. The maximum absolute atomic E-state index is 11.4. The van der Waals surface area contributed by atoms with Crippen LogP contribution in [0, 0.1) is 10.1 Å². The Balaban J connectivity index is 0.00000208. The maximum atomic E-state index is 11.4. The average Bonchev–Trinajstić information content (AvgIpc) is 3.15. The number of rotatable bonds is 7. The fourth-order valence-electron chi connectivity index (χ4n) is 2.62. The van der Waals surface area contributed by atoms with Crippen molar-refractivity contribution in [2.24, 2.45) is 4.99 Å². The molecule has 0 fully saturated rings. The minimum absolute atomic E-state index is 0. The predicted molar refractivity (Wildman–Crippen MR) is 99.9 cm³/mol. The second-order valence-electron chi connectivity index (χ2n) is 5.43. The molecule has 0 aliphatic carbocycles. The molecule has 2 aliphatic heterocycles. The third-order valence-electron chi connectivity index (χ3n) is 3.83. The van der Waals surface area contributed by atoms with Crippen molar-refractivity contribution in [3.8, 4) is 5.75 Å². The fourth-order valence-corrected chi connectivity index (χ4v) is 3.59. The van der Waals surface area contributed by atoms with Crippen LogP contribution in [0.2, 0.25) is 0 Å². The van der Waals surface area contributed by atoms with Crippen LogP contribution in [0.5, 0.6) is 5.75 Å². The summed E-state index contributed by atoms with van der Waals surface area (Å²) in [5.41, 5.74) is 1.83. The molecule has 0 saturated carbocycles. The van der Waals surface area contributed by atoms with Gasteiger partial charge in [-0.05, 0) is 18.6 Å². The third-order valence-corrected chi connectivity index (χ3v) is 4.73. The number of nitrogens with zero attached hydrogens (tertiary/aromatic N) is 3. The summed E-state index contributed by atoms with van der Waals surface area (Å²) in [5, 5.41) is 14.3. The van der Waals surface area contributed by atoms with E-state index in [2.05, 4.69) is 16.8 Å². The van der Waals surface area contributed by atoms with E-state index >= 15 is 0 Å². The van der Waals surface area contributed by atoms with Gasteiger partial charge in [-0.1, -0.05) is 31.5 Å². The molecule has 0 spiro atoms. The number of fused-ring (bicyclic) bond motifs is 1. The first kappa shape index (κ1) is 18.6. The zero-order valence-corrected chi connectivity index (χ0v) is 15.1. The summed E-state index contributed by atoms with van der Waals surface area (Å²) < 4.78 is 5.60. The van der Waals surface area contributed by atoms with Gasteiger partial charge in [-0.25, -0.2) is 0 Å². The number of hydrogen-bond donors (Lipinski definition) is 0. The number of benzene rings is 1. The summed E-state index contributed by atoms with van der Waals surface area (Å²) in [6, 6.07) is 5.19. The molecule has 0 radical (unpaired) electrons. The van der Waals surface area contributed by atoms with Gasteiger partial charge in [0.1, 0.15) is 0 Å². The van der Waals surface area contributed by atoms with Crippen molar-refractivity contribution in [3.05, 3.63) is 39.3 Å². The summed E-state index contributed by atoms with van der Waals surface area (Å²) in [4.78, 5) is 17.5. The number of nitro benzene ring substituents is 1. The van der Waals surface area contributed by atoms with E-state index in [0.717, 1.165) is 48.8 Å². The molecule has 0 amide bonds. The lowest BCUT2D eigenvalue weighted by Gasteiger charge is -2.17. The monoisotopic (exact) mass is 369 g/mol. The predicted octanol–water partition coefficient (Wildman–Crippen LogP) is 4.30. The van der Waals surface area contributed by atoms with Crippen LogP contribution in [0.1, 0.15) is 31.7 Å². The van der Waals surface area contributed by atoms with Crippen LogP contribution < -0.4 is 4.74 Å². The molecular weight excluding hydrogens is 350 g/mol. The van der Waals surface area contributed by atoms with Crippen molar-refractivity contribution in [2.75, 3.05) is 19.7 Å². The first-order chi connectivity index (χ1) is 11.2. The quantitative estimate of drug-likeness (QED) is 0.407. The van der Waals surface area contributed by atoms with Crippen LogP contribution in [0.15, 0.2) is 28.6 Å². The lowest BCUT2D eigenvalue weighted by atomic mass is 10.1. The summed E-state index contributed by atoms with van der Waals surface area (Å²) in [6.07, 6.45) is 3.06. The van der Waals surface area contributed by atoms with E-state index in [9.17, 15) is 10.1 Å². The second kappa shape index (κ2) is 8.39. The summed E-state index contributed by atoms with van der Waals surface area (Å²) in [7, 11) is 0. The highest BCUT2D eigenvalue weighted by Crippen LogP contribution is 2.38. The molecule has 0 bridgehead atoms. The molecule has 24 heavy (non-hydrogen) atoms. The van der Waals surface area contributed by atoms with Gasteiger partial charge in [0, 0.05) is 23.6 Å². The number of ether oxygens (including phenoxy) is 1. The van der Waals surface area contributed by atoms with Crippen LogP contribution in [0.25, 0.3) is 5.70 Å². The molecule has 0 aromatic heterocycles. The Morgan fingerprint density at radius 2 is 2.25 bits per heavy atom. The third kappa shape index (κ3) is 3.84. The van der Waals surface area contributed by atoms with Gasteiger partial charge in [-0.15, -0.1) is 12.4 Å². The largest absolute Gasteiger partial charge is 0.487 e. The van der Waals surface area contributed by atoms with Crippen molar-refractivity contribution in [1.29, 1.82) is 0 Å². The number of amidine groups is 1. The standard InChI is InChI=1S/C16H19N3O3S.ClH/c1-2-3-4-9-22-15-6-5-12(10-13(15)19(20)21)14-11-23-16-17-7-8-18(14)16;/h5-6,10-11H,2-4,7-9H2,1H3;1H. The molecule has 8 heteroatoms. The van der Waals surface area contributed by atoms with Crippen LogP contribution in [0.3, 0.4) is 0 Å². The van der Waals surface area contributed by atoms with Gasteiger partial charge < -0.3 is 9.64 Å². The molecule has 2 aliphatic rings. The maximum Gasteiger partial charge on any atom is 0.311 e. The molecule has 130 valence electrons. The van der Waals surface area contributed by atoms with Gasteiger partial charge in [0.05, 0.1) is 23.8 Å². The van der Waals surface area contributed by atoms with E-state index in [1.165, 1.54) is 0 Å². The van der Waals surface area contributed by atoms with Crippen molar-refractivity contribution in [3.63, 3.8) is 0 Å². The Labute approximate surface area is 151 Å². The Bertz CT molecular complexity index is 679. The number of thioether (sulfide) groups is 1. The molecule has 3 rings (SSSR count). The molecule has 0 unspecified atom stereocenters. The van der Waals surface area contributed by atoms with Gasteiger partial charge in [0.25, 0.3) is 0 Å². The van der Waals surface area contributed by atoms with Gasteiger partial charge in [0.15, 0.2) is 10.9 Å². The highest BCUT2D eigenvalue weighted by molar-refractivity contribution is 8.16. The first-order valence-corrected chi connectivity index (χ1v) is 8.69. The van der Waals surface area contributed by atoms with Crippen LogP contribution in [0.4, 0.5) is 5.69 Å². The molecular formula is C16H20ClN3O3S. The van der Waals surface area contributed by atoms with Gasteiger partial charge in [-0.2, -0.15) is 0 Å². The Kier molecular flexibility index (Phi) is 6.51. The Hall–Kier alpha value is -1.73. The highest BCUT2D eigenvalue weighted by atomic mass is 35.5. The van der Waals surface area contributed by atoms with Crippen LogP contribution in [-0.4, -0.2) is 34.7 Å². The lowest BCUT2D eigenvalue weighted by Crippen LogP contribution is -2.19. The van der Waals surface area contributed by atoms with Crippen molar-refractivity contribution < 1.29 is 9.66 Å². The molecule has 1 aromatic rings. The van der Waals surface area contributed by atoms with Gasteiger partial charge in [0.2, 0.25) is 0 Å². The van der Waals surface area contributed by atoms with E-state index in [1.54, 1.807) is 23.9 Å². The molecule has 0 saturated heterocycles. The number of halogens is 1. The smallest absolute Gasteiger partial charge is 0.311 e. The van der Waals surface area contributed by atoms with Crippen molar-refractivity contribution >= 4 is 40.7 Å².